The van der Waals surface area contributed by atoms with Crippen molar-refractivity contribution in [2.24, 2.45) is 0 Å². The number of rotatable bonds is 4. The number of hydrogen-bond donors (Lipinski definition) is 4. The van der Waals surface area contributed by atoms with E-state index in [2.05, 4.69) is 9.78 Å². The van der Waals surface area contributed by atoms with Gasteiger partial charge in [0.25, 0.3) is 0 Å². The lowest BCUT2D eigenvalue weighted by Crippen LogP contribution is -2.42. The molecule has 1 fully saturated rings. The molecular weight excluding hydrogens is 224 g/mol. The maximum atomic E-state index is 10.5. The molecule has 8 heteroatoms. The monoisotopic (exact) mass is 238 g/mol. The van der Waals surface area contributed by atoms with Crippen molar-refractivity contribution in [3.8, 4) is 0 Å². The first kappa shape index (κ1) is 13.3. The highest BCUT2D eigenvalue weighted by atomic mass is 17.2. The van der Waals surface area contributed by atoms with Crippen LogP contribution in [0.25, 0.3) is 0 Å². The molecule has 0 saturated carbocycles. The molecule has 5 atom stereocenters. The second-order valence-electron chi connectivity index (χ2n) is 3.37. The first-order valence-electron chi connectivity index (χ1n) is 4.61. The Morgan fingerprint density at radius 3 is 2.62 bits per heavy atom. The Balaban J connectivity index is 2.63. The molecule has 0 bridgehead atoms. The van der Waals surface area contributed by atoms with Crippen LogP contribution in [0.5, 0.6) is 0 Å². The minimum Gasteiger partial charge on any atom is -0.394 e. The quantitative estimate of drug-likeness (QED) is 0.307. The van der Waals surface area contributed by atoms with Crippen molar-refractivity contribution in [2.45, 2.75) is 37.6 Å². The fraction of sp³-hybridized carbons (Fsp3) is 0.875. The molecule has 16 heavy (non-hydrogen) atoms. The number of aliphatic hydroxyl groups is 4. The average Bonchev–Trinajstić information content (AvgIpc) is 2.52. The van der Waals surface area contributed by atoms with Crippen LogP contribution in [-0.4, -0.2) is 63.7 Å². The van der Waals surface area contributed by atoms with Crippen molar-refractivity contribution in [1.82, 2.24) is 0 Å². The summed E-state index contributed by atoms with van der Waals surface area (Å²) in [5.41, 5.74) is 0. The Bertz CT molecular complexity index is 244. The summed E-state index contributed by atoms with van der Waals surface area (Å²) in [4.78, 5) is 19.2. The van der Waals surface area contributed by atoms with Crippen molar-refractivity contribution in [2.75, 3.05) is 6.61 Å². The molecule has 8 nitrogen and oxygen atoms in total. The molecule has 1 heterocycles. The van der Waals surface area contributed by atoms with Crippen LogP contribution in [0.2, 0.25) is 0 Å². The van der Waals surface area contributed by atoms with Gasteiger partial charge >= 0.3 is 5.97 Å². The van der Waals surface area contributed by atoms with Crippen molar-refractivity contribution in [3.63, 3.8) is 0 Å². The van der Waals surface area contributed by atoms with Gasteiger partial charge in [-0.2, -0.15) is 4.89 Å². The maximum Gasteiger partial charge on any atom is 0.339 e. The molecule has 0 spiro atoms. The summed E-state index contributed by atoms with van der Waals surface area (Å²) in [6.45, 7) is 0.431. The van der Waals surface area contributed by atoms with Gasteiger partial charge in [-0.1, -0.05) is 0 Å². The lowest BCUT2D eigenvalue weighted by molar-refractivity contribution is -0.315. The minimum atomic E-state index is -1.58. The molecule has 0 aromatic rings. The molecule has 0 radical (unpaired) electrons. The largest absolute Gasteiger partial charge is 0.394 e. The molecule has 94 valence electrons. The van der Waals surface area contributed by atoms with E-state index in [1.165, 1.54) is 0 Å². The van der Waals surface area contributed by atoms with Gasteiger partial charge in [0.15, 0.2) is 12.4 Å². The number of carbonyl (C=O) groups excluding carboxylic acids is 1. The maximum absolute atomic E-state index is 10.5. The lowest BCUT2D eigenvalue weighted by atomic mass is 10.1. The molecule has 0 amide bonds. The van der Waals surface area contributed by atoms with Crippen molar-refractivity contribution >= 4 is 5.97 Å². The first-order chi connectivity index (χ1) is 7.47. The van der Waals surface area contributed by atoms with Crippen molar-refractivity contribution in [3.05, 3.63) is 0 Å². The van der Waals surface area contributed by atoms with Crippen LogP contribution in [0, 0.1) is 0 Å². The van der Waals surface area contributed by atoms with Crippen molar-refractivity contribution in [1.29, 1.82) is 0 Å². The SMILES string of the molecule is CC(=O)OO[C@H]1[C@H]([C@H](O)CO)OC(O)[C@@H]1O. The van der Waals surface area contributed by atoms with Crippen LogP contribution >= 0.6 is 0 Å². The lowest BCUT2D eigenvalue weighted by Gasteiger charge is -2.21. The molecule has 0 aromatic carbocycles. The summed E-state index contributed by atoms with van der Waals surface area (Å²) in [7, 11) is 0. The Hall–Kier alpha value is -0.770. The standard InChI is InChI=1S/C8H14O8/c1-3(10)15-16-7-5(12)8(13)14-6(7)4(11)2-9/h4-9,11-13H,2H2,1H3/t4-,5-,6+,7-,8?/m1/s1. The fourth-order valence-corrected chi connectivity index (χ4v) is 1.32. The highest BCUT2D eigenvalue weighted by Gasteiger charge is 2.48. The molecular formula is C8H14O8. The van der Waals surface area contributed by atoms with E-state index >= 15 is 0 Å². The predicted molar refractivity (Wildman–Crippen MR) is 46.6 cm³/mol. The summed E-state index contributed by atoms with van der Waals surface area (Å²) in [5, 5.41) is 36.6. The number of hydrogen-bond acceptors (Lipinski definition) is 8. The molecule has 1 rings (SSSR count). The van der Waals surface area contributed by atoms with E-state index in [-0.39, 0.29) is 0 Å². The van der Waals surface area contributed by atoms with Gasteiger partial charge in [0.2, 0.25) is 0 Å². The van der Waals surface area contributed by atoms with Crippen LogP contribution in [0.4, 0.5) is 0 Å². The predicted octanol–water partition coefficient (Wildman–Crippen LogP) is -2.72. The third kappa shape index (κ3) is 2.88. The van der Waals surface area contributed by atoms with Crippen molar-refractivity contribution < 1.29 is 39.7 Å². The Morgan fingerprint density at radius 1 is 1.50 bits per heavy atom. The third-order valence-corrected chi connectivity index (χ3v) is 2.09. The highest BCUT2D eigenvalue weighted by molar-refractivity contribution is 5.65. The summed E-state index contributed by atoms with van der Waals surface area (Å²) >= 11 is 0. The highest BCUT2D eigenvalue weighted by Crippen LogP contribution is 2.25. The van der Waals surface area contributed by atoms with E-state index in [9.17, 15) is 15.0 Å². The molecule has 4 N–H and O–H groups in total. The minimum absolute atomic E-state index is 0.649. The topological polar surface area (TPSA) is 126 Å². The van der Waals surface area contributed by atoms with Crippen LogP contribution in [0.15, 0.2) is 0 Å². The van der Waals surface area contributed by atoms with E-state index in [1.807, 2.05) is 0 Å². The van der Waals surface area contributed by atoms with Gasteiger partial charge < -0.3 is 25.2 Å². The Morgan fingerprint density at radius 2 is 2.12 bits per heavy atom. The molecule has 0 aromatic heterocycles. The molecule has 1 saturated heterocycles. The normalized spacial score (nSPS) is 36.1. The number of ether oxygens (including phenoxy) is 1. The zero-order valence-corrected chi connectivity index (χ0v) is 8.52. The van der Waals surface area contributed by atoms with Gasteiger partial charge in [0.05, 0.1) is 6.61 Å². The number of carbonyl (C=O) groups is 1. The third-order valence-electron chi connectivity index (χ3n) is 2.09. The van der Waals surface area contributed by atoms with Gasteiger partial charge in [0.1, 0.15) is 18.3 Å². The van der Waals surface area contributed by atoms with E-state index in [4.69, 9.17) is 14.9 Å². The van der Waals surface area contributed by atoms with Crippen LogP contribution < -0.4 is 0 Å². The van der Waals surface area contributed by atoms with E-state index in [0.717, 1.165) is 6.92 Å². The molecule has 1 aliphatic heterocycles. The average molecular weight is 238 g/mol. The zero-order chi connectivity index (χ0) is 12.3. The van der Waals surface area contributed by atoms with Crippen LogP contribution in [0.3, 0.4) is 0 Å². The first-order valence-corrected chi connectivity index (χ1v) is 4.61. The Kier molecular flexibility index (Phi) is 4.59. The second kappa shape index (κ2) is 5.53. The van der Waals surface area contributed by atoms with Crippen LogP contribution in [0.1, 0.15) is 6.92 Å². The molecule has 0 aliphatic carbocycles. The molecule has 1 unspecified atom stereocenters. The van der Waals surface area contributed by atoms with E-state index < -0.39 is 43.3 Å². The van der Waals surface area contributed by atoms with Gasteiger partial charge in [-0.3, -0.25) is 4.89 Å². The summed E-state index contributed by atoms with van der Waals surface area (Å²) < 4.78 is 4.75. The Labute approximate surface area is 90.9 Å². The molecule has 1 aliphatic rings. The van der Waals surface area contributed by atoms with Gasteiger partial charge in [-0.15, -0.1) is 0 Å². The van der Waals surface area contributed by atoms with Crippen LogP contribution in [-0.2, 0) is 19.3 Å². The van der Waals surface area contributed by atoms with E-state index in [0.29, 0.717) is 0 Å². The zero-order valence-electron chi connectivity index (χ0n) is 8.52. The summed E-state index contributed by atoms with van der Waals surface area (Å²) in [5.74, 6) is -0.758. The fourth-order valence-electron chi connectivity index (χ4n) is 1.32. The summed E-state index contributed by atoms with van der Waals surface area (Å²) in [6.07, 6.45) is -6.87. The summed E-state index contributed by atoms with van der Waals surface area (Å²) in [6, 6.07) is 0. The van der Waals surface area contributed by atoms with E-state index in [1.54, 1.807) is 0 Å². The smallest absolute Gasteiger partial charge is 0.339 e. The second-order valence-corrected chi connectivity index (χ2v) is 3.37. The number of aliphatic hydroxyl groups excluding tert-OH is 4. The van der Waals surface area contributed by atoms with Gasteiger partial charge in [-0.05, 0) is 0 Å². The van der Waals surface area contributed by atoms with Gasteiger partial charge in [0, 0.05) is 6.92 Å². The van der Waals surface area contributed by atoms with Gasteiger partial charge in [-0.25, -0.2) is 4.79 Å².